The molecular formula is C28H25FN4. The molecule has 5 heteroatoms. The molecule has 4 nitrogen and oxygen atoms in total. The number of allylic oxidation sites excluding steroid dienone is 3. The van der Waals surface area contributed by atoms with Gasteiger partial charge in [0.05, 0.1) is 5.56 Å². The number of halogens is 1. The highest BCUT2D eigenvalue weighted by molar-refractivity contribution is 5.71. The average Bonchev–Trinajstić information content (AvgIpc) is 2.87. The highest BCUT2D eigenvalue weighted by Crippen LogP contribution is 2.26. The number of aromatic nitrogens is 3. The molecule has 1 aromatic heterocycles. The van der Waals surface area contributed by atoms with Gasteiger partial charge in [-0.1, -0.05) is 91.5 Å². The lowest BCUT2D eigenvalue weighted by Crippen LogP contribution is -2.01. The predicted octanol–water partition coefficient (Wildman–Crippen LogP) is 6.75. The minimum atomic E-state index is -0.309. The number of nitrogens with zero attached hydrogens (tertiary/aromatic N) is 4. The largest absolute Gasteiger partial charge is 0.297 e. The van der Waals surface area contributed by atoms with E-state index in [0.29, 0.717) is 28.6 Å². The van der Waals surface area contributed by atoms with Crippen LogP contribution in [0.25, 0.3) is 34.2 Å². The number of rotatable bonds is 5. The molecule has 33 heavy (non-hydrogen) atoms. The third kappa shape index (κ3) is 6.37. The fraction of sp³-hybridized carbons (Fsp3) is 0.0714. The highest BCUT2D eigenvalue weighted by Gasteiger charge is 2.15. The second kappa shape index (κ2) is 12.0. The van der Waals surface area contributed by atoms with Crippen LogP contribution in [0, 0.1) is 12.7 Å². The zero-order valence-corrected chi connectivity index (χ0v) is 18.7. The van der Waals surface area contributed by atoms with Gasteiger partial charge in [-0.3, -0.25) is 4.99 Å². The number of aliphatic imine (C=N–C) groups is 1. The van der Waals surface area contributed by atoms with Gasteiger partial charge in [-0.15, -0.1) is 0 Å². The summed E-state index contributed by atoms with van der Waals surface area (Å²) in [6, 6.07) is 24.5. The lowest BCUT2D eigenvalue weighted by atomic mass is 10.1. The van der Waals surface area contributed by atoms with Gasteiger partial charge < -0.3 is 0 Å². The average molecular weight is 437 g/mol. The summed E-state index contributed by atoms with van der Waals surface area (Å²) in [6.07, 6.45) is 7.07. The molecule has 0 aliphatic rings. The zero-order chi connectivity index (χ0) is 23.5. The van der Waals surface area contributed by atoms with Crippen LogP contribution in [0.4, 0.5) is 4.39 Å². The topological polar surface area (TPSA) is 51.0 Å². The Labute approximate surface area is 194 Å². The summed E-state index contributed by atoms with van der Waals surface area (Å²) in [5, 5.41) is 0. The van der Waals surface area contributed by atoms with Crippen LogP contribution < -0.4 is 0 Å². The summed E-state index contributed by atoms with van der Waals surface area (Å²) in [7, 11) is 1.73. The molecule has 4 rings (SSSR count). The van der Waals surface area contributed by atoms with Crippen molar-refractivity contribution in [1.29, 1.82) is 0 Å². The second-order valence-electron chi connectivity index (χ2n) is 7.00. The lowest BCUT2D eigenvalue weighted by molar-refractivity contribution is 0.620. The molecule has 1 heterocycles. The molecule has 0 bridgehead atoms. The number of benzene rings is 3. The quantitative estimate of drug-likeness (QED) is 0.257. The Bertz CT molecular complexity index is 1190. The number of aryl methyl sites for hydroxylation is 1. The SMILES string of the molecule is C=C/C=C\C=NC.Cc1cccc(-c2nc(-c3ccccc3)nc(-c3ccccc3)n2)c1F. The third-order valence-electron chi connectivity index (χ3n) is 4.61. The first-order valence-electron chi connectivity index (χ1n) is 10.5. The van der Waals surface area contributed by atoms with E-state index in [9.17, 15) is 4.39 Å². The summed E-state index contributed by atoms with van der Waals surface area (Å²) < 4.78 is 14.7. The Hall–Kier alpha value is -4.25. The van der Waals surface area contributed by atoms with Gasteiger partial charge in [0.2, 0.25) is 0 Å². The van der Waals surface area contributed by atoms with E-state index in [1.54, 1.807) is 38.4 Å². The Morgan fingerprint density at radius 1 is 0.727 bits per heavy atom. The lowest BCUT2D eigenvalue weighted by Gasteiger charge is -2.09. The first-order valence-corrected chi connectivity index (χ1v) is 10.5. The molecule has 0 fully saturated rings. The fourth-order valence-corrected chi connectivity index (χ4v) is 2.96. The molecule has 0 amide bonds. The van der Waals surface area contributed by atoms with Crippen molar-refractivity contribution < 1.29 is 4.39 Å². The van der Waals surface area contributed by atoms with E-state index >= 15 is 0 Å². The zero-order valence-electron chi connectivity index (χ0n) is 18.7. The van der Waals surface area contributed by atoms with E-state index in [4.69, 9.17) is 0 Å². The van der Waals surface area contributed by atoms with Crippen LogP contribution in [-0.4, -0.2) is 28.2 Å². The number of hydrogen-bond acceptors (Lipinski definition) is 4. The fourth-order valence-electron chi connectivity index (χ4n) is 2.96. The first kappa shape index (κ1) is 23.4. The minimum absolute atomic E-state index is 0.309. The van der Waals surface area contributed by atoms with Crippen LogP contribution in [0.1, 0.15) is 5.56 Å². The van der Waals surface area contributed by atoms with Crippen molar-refractivity contribution in [3.05, 3.63) is 115 Å². The molecule has 0 saturated heterocycles. The van der Waals surface area contributed by atoms with E-state index in [0.717, 1.165) is 11.1 Å². The molecule has 0 atom stereocenters. The van der Waals surface area contributed by atoms with Crippen LogP contribution in [0.3, 0.4) is 0 Å². The van der Waals surface area contributed by atoms with Crippen LogP contribution >= 0.6 is 0 Å². The van der Waals surface area contributed by atoms with Crippen LogP contribution in [0.5, 0.6) is 0 Å². The van der Waals surface area contributed by atoms with Crippen molar-refractivity contribution in [2.24, 2.45) is 4.99 Å². The molecule has 0 N–H and O–H groups in total. The van der Waals surface area contributed by atoms with Gasteiger partial charge in [0, 0.05) is 24.4 Å². The molecule has 3 aromatic carbocycles. The van der Waals surface area contributed by atoms with Crippen molar-refractivity contribution in [2.75, 3.05) is 7.05 Å². The van der Waals surface area contributed by atoms with Crippen molar-refractivity contribution in [3.63, 3.8) is 0 Å². The molecule has 4 aromatic rings. The third-order valence-corrected chi connectivity index (χ3v) is 4.61. The summed E-state index contributed by atoms with van der Waals surface area (Å²) in [4.78, 5) is 17.4. The summed E-state index contributed by atoms with van der Waals surface area (Å²) >= 11 is 0. The van der Waals surface area contributed by atoms with Crippen LogP contribution in [-0.2, 0) is 0 Å². The second-order valence-corrected chi connectivity index (χ2v) is 7.00. The maximum atomic E-state index is 14.7. The van der Waals surface area contributed by atoms with E-state index in [2.05, 4.69) is 26.5 Å². The van der Waals surface area contributed by atoms with Gasteiger partial charge in [0.1, 0.15) is 5.82 Å². The maximum Gasteiger partial charge on any atom is 0.167 e. The molecule has 0 aliphatic carbocycles. The van der Waals surface area contributed by atoms with Crippen molar-refractivity contribution >= 4 is 6.21 Å². The van der Waals surface area contributed by atoms with Crippen molar-refractivity contribution in [1.82, 2.24) is 15.0 Å². The molecule has 164 valence electrons. The van der Waals surface area contributed by atoms with E-state index in [1.165, 1.54) is 0 Å². The monoisotopic (exact) mass is 436 g/mol. The Morgan fingerprint density at radius 3 is 1.79 bits per heavy atom. The standard InChI is InChI=1S/C22H16FN3.C6H9N/c1-15-9-8-14-18(19(15)23)22-25-20(16-10-4-2-5-11-16)24-21(26-22)17-12-6-3-7-13-17;1-3-4-5-6-7-2/h2-14H,1H3;3-6H,1H2,2H3/b;5-4-,7-6?. The normalized spacial score (nSPS) is 10.8. The van der Waals surface area contributed by atoms with Crippen molar-refractivity contribution in [2.45, 2.75) is 6.92 Å². The Kier molecular flexibility index (Phi) is 8.48. The van der Waals surface area contributed by atoms with E-state index in [-0.39, 0.29) is 5.82 Å². The summed E-state index contributed by atoms with van der Waals surface area (Å²) in [6.45, 7) is 5.22. The van der Waals surface area contributed by atoms with E-state index < -0.39 is 0 Å². The van der Waals surface area contributed by atoms with Gasteiger partial charge in [0.15, 0.2) is 17.5 Å². The Balaban J connectivity index is 0.000000383. The molecule has 0 saturated carbocycles. The highest BCUT2D eigenvalue weighted by atomic mass is 19.1. The van der Waals surface area contributed by atoms with E-state index in [1.807, 2.05) is 78.9 Å². The van der Waals surface area contributed by atoms with Crippen LogP contribution in [0.2, 0.25) is 0 Å². The minimum Gasteiger partial charge on any atom is -0.297 e. The van der Waals surface area contributed by atoms with Gasteiger partial charge in [0.25, 0.3) is 0 Å². The molecular weight excluding hydrogens is 411 g/mol. The van der Waals surface area contributed by atoms with Gasteiger partial charge >= 0.3 is 0 Å². The molecule has 0 unspecified atom stereocenters. The Morgan fingerprint density at radius 2 is 1.27 bits per heavy atom. The molecule has 0 spiro atoms. The van der Waals surface area contributed by atoms with Gasteiger partial charge in [-0.2, -0.15) is 0 Å². The smallest absolute Gasteiger partial charge is 0.167 e. The maximum absolute atomic E-state index is 14.7. The molecule has 0 radical (unpaired) electrons. The molecule has 0 aliphatic heterocycles. The first-order chi connectivity index (χ1) is 16.1. The van der Waals surface area contributed by atoms with Gasteiger partial charge in [-0.25, -0.2) is 19.3 Å². The van der Waals surface area contributed by atoms with Gasteiger partial charge in [-0.05, 0) is 24.6 Å². The number of hydrogen-bond donors (Lipinski definition) is 0. The predicted molar refractivity (Wildman–Crippen MR) is 135 cm³/mol. The summed E-state index contributed by atoms with van der Waals surface area (Å²) in [5.74, 6) is 1.07. The van der Waals surface area contributed by atoms with Crippen LogP contribution in [0.15, 0.2) is 109 Å². The van der Waals surface area contributed by atoms with Crippen molar-refractivity contribution in [3.8, 4) is 34.2 Å². The summed E-state index contributed by atoms with van der Waals surface area (Å²) in [5.41, 5.74) is 2.66.